The van der Waals surface area contributed by atoms with Crippen LogP contribution in [0, 0.1) is 0 Å². The molecule has 0 aromatic carbocycles. The van der Waals surface area contributed by atoms with Crippen LogP contribution in [0.4, 0.5) is 13.2 Å². The third-order valence-corrected chi connectivity index (χ3v) is 5.40. The van der Waals surface area contributed by atoms with E-state index in [9.17, 15) is 13.2 Å². The predicted octanol–water partition coefficient (Wildman–Crippen LogP) is 2.96. The molecular formula is C19H26F3N3O. The van der Waals surface area contributed by atoms with Gasteiger partial charge in [0.2, 0.25) is 0 Å². The van der Waals surface area contributed by atoms with E-state index in [4.69, 9.17) is 10.5 Å². The van der Waals surface area contributed by atoms with Crippen LogP contribution in [-0.2, 0) is 4.74 Å². The second-order valence-electron chi connectivity index (χ2n) is 7.20. The Morgan fingerprint density at radius 1 is 1.38 bits per heavy atom. The van der Waals surface area contributed by atoms with Gasteiger partial charge in [0, 0.05) is 38.0 Å². The van der Waals surface area contributed by atoms with Crippen molar-refractivity contribution in [3.05, 3.63) is 47.3 Å². The van der Waals surface area contributed by atoms with Crippen molar-refractivity contribution in [1.82, 2.24) is 9.80 Å². The van der Waals surface area contributed by atoms with Crippen molar-refractivity contribution >= 4 is 0 Å². The summed E-state index contributed by atoms with van der Waals surface area (Å²) in [5, 5.41) is 0. The number of fused-ring (bicyclic) bond motifs is 1. The van der Waals surface area contributed by atoms with Crippen LogP contribution in [0.25, 0.3) is 0 Å². The number of ether oxygens (including phenoxy) is 1. The van der Waals surface area contributed by atoms with Crippen LogP contribution >= 0.6 is 0 Å². The second-order valence-corrected chi connectivity index (χ2v) is 7.20. The molecule has 1 fully saturated rings. The molecule has 1 unspecified atom stereocenters. The number of hydrogen-bond acceptors (Lipinski definition) is 4. The lowest BCUT2D eigenvalue weighted by atomic mass is 9.78. The number of rotatable bonds is 4. The molecule has 0 radical (unpaired) electrons. The van der Waals surface area contributed by atoms with Crippen LogP contribution in [0.15, 0.2) is 47.3 Å². The Balaban J connectivity index is 2.04. The topological polar surface area (TPSA) is 41.7 Å². The third-order valence-electron chi connectivity index (χ3n) is 5.40. The van der Waals surface area contributed by atoms with Crippen molar-refractivity contribution in [3.63, 3.8) is 0 Å². The highest BCUT2D eigenvalue weighted by atomic mass is 19.4. The van der Waals surface area contributed by atoms with Gasteiger partial charge in [-0.15, -0.1) is 0 Å². The molecule has 0 bridgehead atoms. The Kier molecular flexibility index (Phi) is 5.33. The van der Waals surface area contributed by atoms with Crippen LogP contribution in [0.2, 0.25) is 0 Å². The Morgan fingerprint density at radius 3 is 2.81 bits per heavy atom. The maximum absolute atomic E-state index is 13.7. The number of hydrogen-bond donors (Lipinski definition) is 1. The lowest BCUT2D eigenvalue weighted by Crippen LogP contribution is -2.56. The fourth-order valence-electron chi connectivity index (χ4n) is 3.99. The summed E-state index contributed by atoms with van der Waals surface area (Å²) in [6, 6.07) is 0.0507. The van der Waals surface area contributed by atoms with E-state index in [2.05, 4.69) is 4.90 Å². The number of alkyl halides is 3. The smallest absolute Gasteiger partial charge is 0.383 e. The van der Waals surface area contributed by atoms with E-state index in [1.807, 2.05) is 13.0 Å². The van der Waals surface area contributed by atoms with Crippen LogP contribution in [0.1, 0.15) is 19.8 Å². The summed E-state index contributed by atoms with van der Waals surface area (Å²) in [6.07, 6.45) is 5.69. The SMILES string of the molecule is COCCN1C=CC=C2C1=C(C(F)(F)F)C=C[C@]2(C)N1CCCC(N)C1. The van der Waals surface area contributed by atoms with E-state index in [0.29, 0.717) is 25.3 Å². The lowest BCUT2D eigenvalue weighted by molar-refractivity contribution is -0.0904. The maximum atomic E-state index is 13.7. The van der Waals surface area contributed by atoms with E-state index in [1.165, 1.54) is 6.08 Å². The first kappa shape index (κ1) is 19.2. The number of methoxy groups -OCH3 is 1. The number of nitrogens with zero attached hydrogens (tertiary/aromatic N) is 2. The predicted molar refractivity (Wildman–Crippen MR) is 95.2 cm³/mol. The van der Waals surface area contributed by atoms with Crippen molar-refractivity contribution in [2.24, 2.45) is 5.73 Å². The zero-order valence-electron chi connectivity index (χ0n) is 15.2. The van der Waals surface area contributed by atoms with Gasteiger partial charge in [0.1, 0.15) is 0 Å². The molecule has 3 aliphatic rings. The van der Waals surface area contributed by atoms with Gasteiger partial charge < -0.3 is 15.4 Å². The molecule has 7 heteroatoms. The zero-order chi connectivity index (χ0) is 18.9. The molecule has 1 aliphatic carbocycles. The van der Waals surface area contributed by atoms with Crippen molar-refractivity contribution in [1.29, 1.82) is 0 Å². The molecule has 0 spiro atoms. The van der Waals surface area contributed by atoms with Gasteiger partial charge in [0.05, 0.1) is 23.4 Å². The van der Waals surface area contributed by atoms with E-state index >= 15 is 0 Å². The van der Waals surface area contributed by atoms with Crippen LogP contribution in [-0.4, -0.2) is 60.9 Å². The fraction of sp³-hybridized carbons (Fsp3) is 0.579. The number of halogens is 3. The minimum Gasteiger partial charge on any atom is -0.383 e. The van der Waals surface area contributed by atoms with Crippen LogP contribution in [0.5, 0.6) is 0 Å². The number of piperidine rings is 1. The highest BCUT2D eigenvalue weighted by Crippen LogP contribution is 2.45. The zero-order valence-corrected chi connectivity index (χ0v) is 15.2. The number of likely N-dealkylation sites (tertiary alicyclic amines) is 1. The Bertz CT molecular complexity index is 665. The van der Waals surface area contributed by atoms with E-state index in [0.717, 1.165) is 19.4 Å². The molecule has 0 amide bonds. The first-order valence-electron chi connectivity index (χ1n) is 8.93. The van der Waals surface area contributed by atoms with Gasteiger partial charge in [-0.05, 0) is 38.5 Å². The standard InChI is InChI=1S/C19H26F3N3O/c1-18(25-10-3-5-14(23)13-25)8-7-16(19(20,21)22)17-15(18)6-4-9-24(17)11-12-26-2/h4,6-9,14H,3,5,10-13,23H2,1-2H3/t14?,18-/m0/s1. The molecule has 144 valence electrons. The highest BCUT2D eigenvalue weighted by Gasteiger charge is 2.46. The second kappa shape index (κ2) is 7.21. The quantitative estimate of drug-likeness (QED) is 0.827. The van der Waals surface area contributed by atoms with Gasteiger partial charge in [0.25, 0.3) is 0 Å². The van der Waals surface area contributed by atoms with E-state index in [1.54, 1.807) is 30.4 Å². The average molecular weight is 369 g/mol. The van der Waals surface area contributed by atoms with Gasteiger partial charge in [-0.3, -0.25) is 4.90 Å². The molecule has 0 aromatic heterocycles. The van der Waals surface area contributed by atoms with Crippen molar-refractivity contribution in [2.45, 2.75) is 37.5 Å². The summed E-state index contributed by atoms with van der Waals surface area (Å²) in [4.78, 5) is 3.84. The van der Waals surface area contributed by atoms with Gasteiger partial charge >= 0.3 is 6.18 Å². The molecule has 3 rings (SSSR count). The number of allylic oxidation sites excluding steroid dienone is 4. The van der Waals surface area contributed by atoms with Crippen molar-refractivity contribution in [2.75, 3.05) is 33.4 Å². The summed E-state index contributed by atoms with van der Waals surface area (Å²) >= 11 is 0. The van der Waals surface area contributed by atoms with E-state index in [-0.39, 0.29) is 11.7 Å². The first-order valence-corrected chi connectivity index (χ1v) is 8.93. The van der Waals surface area contributed by atoms with E-state index < -0.39 is 17.3 Å². The minimum atomic E-state index is -4.42. The summed E-state index contributed by atoms with van der Waals surface area (Å²) in [5.41, 5.74) is 5.80. The molecule has 2 aliphatic heterocycles. The van der Waals surface area contributed by atoms with Gasteiger partial charge in [0.15, 0.2) is 0 Å². The highest BCUT2D eigenvalue weighted by molar-refractivity contribution is 5.57. The molecule has 2 N–H and O–H groups in total. The van der Waals surface area contributed by atoms with Gasteiger partial charge in [-0.2, -0.15) is 13.2 Å². The molecular weight excluding hydrogens is 343 g/mol. The molecule has 4 nitrogen and oxygen atoms in total. The maximum Gasteiger partial charge on any atom is 0.418 e. The summed E-state index contributed by atoms with van der Waals surface area (Å²) < 4.78 is 46.2. The monoisotopic (exact) mass is 369 g/mol. The summed E-state index contributed by atoms with van der Waals surface area (Å²) in [5.74, 6) is 0. The average Bonchev–Trinajstić information content (AvgIpc) is 2.59. The first-order chi connectivity index (χ1) is 12.3. The normalized spacial score (nSPS) is 29.8. The molecule has 26 heavy (non-hydrogen) atoms. The molecule has 1 saturated heterocycles. The summed E-state index contributed by atoms with van der Waals surface area (Å²) in [7, 11) is 1.55. The largest absolute Gasteiger partial charge is 0.418 e. The third kappa shape index (κ3) is 3.48. The molecule has 2 atom stereocenters. The van der Waals surface area contributed by atoms with Gasteiger partial charge in [-0.1, -0.05) is 12.2 Å². The number of nitrogens with two attached hydrogens (primary N) is 1. The Hall–Kier alpha value is -1.57. The fourth-order valence-corrected chi connectivity index (χ4v) is 3.99. The molecule has 0 aromatic rings. The van der Waals surface area contributed by atoms with Gasteiger partial charge in [-0.25, -0.2) is 0 Å². The van der Waals surface area contributed by atoms with Crippen molar-refractivity contribution < 1.29 is 17.9 Å². The minimum absolute atomic E-state index is 0.0507. The molecule has 2 heterocycles. The molecule has 0 saturated carbocycles. The van der Waals surface area contributed by atoms with Crippen LogP contribution in [0.3, 0.4) is 0 Å². The Morgan fingerprint density at radius 2 is 2.15 bits per heavy atom. The lowest BCUT2D eigenvalue weighted by Gasteiger charge is -2.49. The Labute approximate surface area is 152 Å². The van der Waals surface area contributed by atoms with Crippen LogP contribution < -0.4 is 5.73 Å². The van der Waals surface area contributed by atoms with Crippen molar-refractivity contribution in [3.8, 4) is 0 Å². The summed E-state index contributed by atoms with van der Waals surface area (Å²) in [6.45, 7) is 4.19.